The lowest BCUT2D eigenvalue weighted by Crippen LogP contribution is -2.23. The minimum atomic E-state index is -0.385. The number of hydrogen-bond acceptors (Lipinski definition) is 5. The molecule has 0 N–H and O–H groups in total. The van der Waals surface area contributed by atoms with Crippen LogP contribution >= 0.6 is 0 Å². The molecule has 0 unspecified atom stereocenters. The summed E-state index contributed by atoms with van der Waals surface area (Å²) in [6.45, 7) is 0.253. The Morgan fingerprint density at radius 3 is 2.46 bits per heavy atom. The van der Waals surface area contributed by atoms with Gasteiger partial charge in [0.05, 0.1) is 23.2 Å². The molecule has 0 bridgehead atoms. The third-order valence-electron chi connectivity index (χ3n) is 6.55. The van der Waals surface area contributed by atoms with E-state index >= 15 is 0 Å². The van der Waals surface area contributed by atoms with Crippen LogP contribution in [-0.2, 0) is 23.1 Å². The molecule has 5 nitrogen and oxygen atoms in total. The average molecular weight is 378 g/mol. The molecule has 1 aromatic carbocycles. The second kappa shape index (κ2) is 7.19. The number of benzene rings is 1. The molecule has 146 valence electrons. The maximum Gasteiger partial charge on any atom is 0.231 e. The van der Waals surface area contributed by atoms with E-state index in [2.05, 4.69) is 16.3 Å². The zero-order valence-electron chi connectivity index (χ0n) is 16.2. The van der Waals surface area contributed by atoms with Crippen molar-refractivity contribution in [1.82, 2.24) is 10.2 Å². The van der Waals surface area contributed by atoms with Gasteiger partial charge in [-0.3, -0.25) is 4.79 Å². The quantitative estimate of drug-likeness (QED) is 0.755. The zero-order chi connectivity index (χ0) is 19.0. The number of hydrogen-bond donors (Lipinski definition) is 0. The number of aromatic nitrogens is 2. The SMILES string of the molecule is O=C(Cc1ccc(CC2CCCCC2)nn1)C1(c2ccc3c(c2)OCO3)CC1. The van der Waals surface area contributed by atoms with Gasteiger partial charge >= 0.3 is 0 Å². The van der Waals surface area contributed by atoms with Crippen LogP contribution in [0.25, 0.3) is 0 Å². The number of carbonyl (C=O) groups is 1. The summed E-state index contributed by atoms with van der Waals surface area (Å²) < 4.78 is 10.9. The Labute approximate surface area is 165 Å². The Morgan fingerprint density at radius 1 is 0.964 bits per heavy atom. The summed E-state index contributed by atoms with van der Waals surface area (Å²) >= 11 is 0. The topological polar surface area (TPSA) is 61.3 Å². The first-order valence-corrected chi connectivity index (χ1v) is 10.5. The second-order valence-corrected chi connectivity index (χ2v) is 8.47. The number of ketones is 1. The lowest BCUT2D eigenvalue weighted by Gasteiger charge is -2.20. The third kappa shape index (κ3) is 3.38. The van der Waals surface area contributed by atoms with Gasteiger partial charge in [0.15, 0.2) is 11.5 Å². The van der Waals surface area contributed by atoms with E-state index in [1.54, 1.807) is 0 Å². The van der Waals surface area contributed by atoms with Crippen molar-refractivity contribution in [3.05, 3.63) is 47.3 Å². The van der Waals surface area contributed by atoms with E-state index in [-0.39, 0.29) is 18.0 Å². The van der Waals surface area contributed by atoms with Gasteiger partial charge in [-0.1, -0.05) is 38.2 Å². The van der Waals surface area contributed by atoms with Crippen LogP contribution in [0, 0.1) is 5.92 Å². The average Bonchev–Trinajstić information content (AvgIpc) is 3.41. The molecule has 2 fully saturated rings. The van der Waals surface area contributed by atoms with Crippen molar-refractivity contribution >= 4 is 5.78 Å². The Kier molecular flexibility index (Phi) is 4.53. The normalized spacial score (nSPS) is 20.1. The van der Waals surface area contributed by atoms with Crippen LogP contribution in [0.4, 0.5) is 0 Å². The summed E-state index contributed by atoms with van der Waals surface area (Å²) in [6, 6.07) is 9.91. The van der Waals surface area contributed by atoms with Crippen LogP contribution in [0.2, 0.25) is 0 Å². The van der Waals surface area contributed by atoms with Gasteiger partial charge in [0.25, 0.3) is 0 Å². The van der Waals surface area contributed by atoms with Crippen LogP contribution in [0.3, 0.4) is 0 Å². The fraction of sp³-hybridized carbons (Fsp3) is 0.522. The van der Waals surface area contributed by atoms with Crippen LogP contribution in [0.15, 0.2) is 30.3 Å². The van der Waals surface area contributed by atoms with Crippen molar-refractivity contribution in [1.29, 1.82) is 0 Å². The molecule has 1 aliphatic heterocycles. The van der Waals surface area contributed by atoms with Gasteiger partial charge in [0, 0.05) is 0 Å². The maximum absolute atomic E-state index is 13.1. The van der Waals surface area contributed by atoms with Crippen molar-refractivity contribution in [2.75, 3.05) is 6.79 Å². The van der Waals surface area contributed by atoms with E-state index in [9.17, 15) is 4.79 Å². The van der Waals surface area contributed by atoms with Crippen molar-refractivity contribution < 1.29 is 14.3 Å². The predicted octanol–water partition coefficient (Wildman–Crippen LogP) is 4.17. The highest BCUT2D eigenvalue weighted by Gasteiger charge is 2.51. The van der Waals surface area contributed by atoms with E-state index in [1.807, 2.05) is 24.3 Å². The fourth-order valence-corrected chi connectivity index (χ4v) is 4.66. The minimum Gasteiger partial charge on any atom is -0.454 e. The highest BCUT2D eigenvalue weighted by molar-refractivity contribution is 5.94. The summed E-state index contributed by atoms with van der Waals surface area (Å²) in [5.41, 5.74) is 2.47. The summed E-state index contributed by atoms with van der Waals surface area (Å²) in [7, 11) is 0. The van der Waals surface area contributed by atoms with Crippen LogP contribution in [-0.4, -0.2) is 22.8 Å². The number of carbonyl (C=O) groups excluding carboxylic acids is 1. The molecule has 0 spiro atoms. The molecule has 2 aliphatic carbocycles. The zero-order valence-corrected chi connectivity index (χ0v) is 16.2. The van der Waals surface area contributed by atoms with Crippen LogP contribution in [0.1, 0.15) is 61.9 Å². The Bertz CT molecular complexity index is 868. The second-order valence-electron chi connectivity index (χ2n) is 8.47. The summed E-state index contributed by atoms with van der Waals surface area (Å²) in [5.74, 6) is 2.46. The van der Waals surface area contributed by atoms with E-state index in [0.29, 0.717) is 6.42 Å². The van der Waals surface area contributed by atoms with Gasteiger partial charge in [0.1, 0.15) is 5.78 Å². The lowest BCUT2D eigenvalue weighted by molar-refractivity contribution is -0.120. The number of ether oxygens (including phenoxy) is 2. The first-order chi connectivity index (χ1) is 13.7. The summed E-state index contributed by atoms with van der Waals surface area (Å²) in [4.78, 5) is 13.1. The van der Waals surface area contributed by atoms with E-state index in [4.69, 9.17) is 9.47 Å². The Morgan fingerprint density at radius 2 is 1.71 bits per heavy atom. The molecular weight excluding hydrogens is 352 g/mol. The van der Waals surface area contributed by atoms with Gasteiger partial charge < -0.3 is 9.47 Å². The molecular formula is C23H26N2O3. The smallest absolute Gasteiger partial charge is 0.231 e. The molecule has 0 atom stereocenters. The highest BCUT2D eigenvalue weighted by Crippen LogP contribution is 2.51. The number of rotatable bonds is 6. The van der Waals surface area contributed by atoms with E-state index in [1.165, 1.54) is 32.1 Å². The van der Waals surface area contributed by atoms with Gasteiger partial charge in [-0.25, -0.2) is 0 Å². The first-order valence-electron chi connectivity index (χ1n) is 10.5. The Balaban J connectivity index is 1.25. The molecule has 5 heteroatoms. The van der Waals surface area contributed by atoms with Crippen molar-refractivity contribution in [3.8, 4) is 11.5 Å². The molecule has 5 rings (SSSR count). The molecule has 2 saturated carbocycles. The van der Waals surface area contributed by atoms with E-state index < -0.39 is 0 Å². The predicted molar refractivity (Wildman–Crippen MR) is 104 cm³/mol. The number of Topliss-reactive ketones (excluding diaryl/α,β-unsaturated/α-hetero) is 1. The van der Waals surface area contributed by atoms with Crippen LogP contribution < -0.4 is 9.47 Å². The molecule has 1 aromatic heterocycles. The third-order valence-corrected chi connectivity index (χ3v) is 6.55. The fourth-order valence-electron chi connectivity index (χ4n) is 4.66. The number of fused-ring (bicyclic) bond motifs is 1. The van der Waals surface area contributed by atoms with Crippen molar-refractivity contribution in [2.45, 2.75) is 63.2 Å². The minimum absolute atomic E-state index is 0.223. The number of nitrogens with zero attached hydrogens (tertiary/aromatic N) is 2. The molecule has 28 heavy (non-hydrogen) atoms. The van der Waals surface area contributed by atoms with Crippen LogP contribution in [0.5, 0.6) is 11.5 Å². The molecule has 0 amide bonds. The van der Waals surface area contributed by atoms with Gasteiger partial charge in [-0.15, -0.1) is 0 Å². The monoisotopic (exact) mass is 378 g/mol. The molecule has 2 heterocycles. The largest absolute Gasteiger partial charge is 0.454 e. The molecule has 2 aromatic rings. The summed E-state index contributed by atoms with van der Waals surface area (Å²) in [5, 5.41) is 8.77. The lowest BCUT2D eigenvalue weighted by atomic mass is 9.86. The van der Waals surface area contributed by atoms with Gasteiger partial charge in [-0.2, -0.15) is 10.2 Å². The van der Waals surface area contributed by atoms with E-state index in [0.717, 1.165) is 53.6 Å². The van der Waals surface area contributed by atoms with Crippen molar-refractivity contribution in [2.24, 2.45) is 5.92 Å². The molecule has 0 radical (unpaired) electrons. The van der Waals surface area contributed by atoms with Gasteiger partial charge in [-0.05, 0) is 55.0 Å². The summed E-state index contributed by atoms with van der Waals surface area (Å²) in [6.07, 6.45) is 9.79. The highest BCUT2D eigenvalue weighted by atomic mass is 16.7. The molecule has 3 aliphatic rings. The standard InChI is InChI=1S/C23H26N2O3/c26-22(23(10-11-23)17-6-9-20-21(13-17)28-15-27-20)14-19-8-7-18(24-25-19)12-16-4-2-1-3-5-16/h6-9,13,16H,1-5,10-12,14-15H2. The maximum atomic E-state index is 13.1. The molecule has 0 saturated heterocycles. The first kappa shape index (κ1) is 17.7. The van der Waals surface area contributed by atoms with Crippen molar-refractivity contribution in [3.63, 3.8) is 0 Å². The Hall–Kier alpha value is -2.43. The van der Waals surface area contributed by atoms with Gasteiger partial charge in [0.2, 0.25) is 6.79 Å².